The van der Waals surface area contributed by atoms with Crippen molar-refractivity contribution >= 4 is 10.0 Å². The van der Waals surface area contributed by atoms with Gasteiger partial charge in [-0.1, -0.05) is 0 Å². The summed E-state index contributed by atoms with van der Waals surface area (Å²) in [5.74, 6) is 0.107. The molecule has 1 saturated heterocycles. The quantitative estimate of drug-likeness (QED) is 0.602. The van der Waals surface area contributed by atoms with Crippen LogP contribution in [0, 0.1) is 0 Å². The lowest BCUT2D eigenvalue weighted by molar-refractivity contribution is 0.135. The number of hydrogen-bond donors (Lipinski definition) is 2. The van der Waals surface area contributed by atoms with Crippen molar-refractivity contribution in [2.75, 3.05) is 45.5 Å². The molecule has 6 nitrogen and oxygen atoms in total. The molecule has 15 heavy (non-hydrogen) atoms. The Morgan fingerprint density at radius 2 is 1.87 bits per heavy atom. The van der Waals surface area contributed by atoms with Crippen molar-refractivity contribution in [1.29, 1.82) is 0 Å². The molecule has 90 valence electrons. The smallest absolute Gasteiger partial charge is 0.224 e. The van der Waals surface area contributed by atoms with E-state index in [1.54, 1.807) is 5.01 Å². The molecule has 0 aromatic heterocycles. The number of hydrogen-bond acceptors (Lipinski definition) is 5. The molecule has 0 atom stereocenters. The topological polar surface area (TPSA) is 78.7 Å². The number of hydrazine groups is 1. The first kappa shape index (κ1) is 12.9. The summed E-state index contributed by atoms with van der Waals surface area (Å²) >= 11 is 0. The zero-order chi connectivity index (χ0) is 11.3. The van der Waals surface area contributed by atoms with E-state index in [9.17, 15) is 8.42 Å². The van der Waals surface area contributed by atoms with Gasteiger partial charge in [0.05, 0.1) is 5.75 Å². The highest BCUT2D eigenvalue weighted by Crippen LogP contribution is 1.98. The van der Waals surface area contributed by atoms with Gasteiger partial charge in [0, 0.05) is 26.2 Å². The van der Waals surface area contributed by atoms with Crippen LogP contribution in [-0.4, -0.2) is 63.9 Å². The molecule has 0 radical (unpaired) electrons. The van der Waals surface area contributed by atoms with Gasteiger partial charge in [-0.05, 0) is 20.0 Å². The molecule has 1 fully saturated rings. The number of nitrogens with one attached hydrogen (secondary N) is 1. The van der Waals surface area contributed by atoms with Gasteiger partial charge in [0.25, 0.3) is 0 Å². The molecule has 0 amide bonds. The van der Waals surface area contributed by atoms with E-state index in [2.05, 4.69) is 9.73 Å². The molecule has 0 unspecified atom stereocenters. The molecule has 1 rings (SSSR count). The monoisotopic (exact) mass is 236 g/mol. The fourth-order valence-corrected chi connectivity index (χ4v) is 2.63. The molecule has 0 aromatic carbocycles. The second kappa shape index (κ2) is 5.76. The maximum Gasteiger partial charge on any atom is 0.224 e. The summed E-state index contributed by atoms with van der Waals surface area (Å²) in [5, 5.41) is 1.76. The van der Waals surface area contributed by atoms with Gasteiger partial charge in [-0.25, -0.2) is 13.4 Å². The summed E-state index contributed by atoms with van der Waals surface area (Å²) in [6, 6.07) is 0. The van der Waals surface area contributed by atoms with Crippen molar-refractivity contribution in [1.82, 2.24) is 14.7 Å². The van der Waals surface area contributed by atoms with Gasteiger partial charge in [-0.3, -0.25) is 0 Å². The summed E-state index contributed by atoms with van der Waals surface area (Å²) in [5.41, 5.74) is 5.27. The highest BCUT2D eigenvalue weighted by Gasteiger charge is 2.18. The Kier molecular flexibility index (Phi) is 4.94. The lowest BCUT2D eigenvalue weighted by Crippen LogP contribution is -2.52. The number of nitrogens with two attached hydrogens (primary N) is 1. The fourth-order valence-electron chi connectivity index (χ4n) is 1.41. The van der Waals surface area contributed by atoms with Crippen molar-refractivity contribution < 1.29 is 8.42 Å². The van der Waals surface area contributed by atoms with E-state index in [0.717, 1.165) is 26.2 Å². The minimum atomic E-state index is -3.18. The summed E-state index contributed by atoms with van der Waals surface area (Å²) < 4.78 is 23.0. The molecular weight excluding hydrogens is 216 g/mol. The van der Waals surface area contributed by atoms with Crippen LogP contribution in [0.5, 0.6) is 0 Å². The zero-order valence-electron chi connectivity index (χ0n) is 9.15. The Morgan fingerprint density at radius 1 is 1.27 bits per heavy atom. The molecule has 1 heterocycles. The Bertz CT molecular complexity index is 272. The highest BCUT2D eigenvalue weighted by molar-refractivity contribution is 7.89. The third-order valence-electron chi connectivity index (χ3n) is 2.39. The minimum absolute atomic E-state index is 0.107. The van der Waals surface area contributed by atoms with Crippen LogP contribution >= 0.6 is 0 Å². The Morgan fingerprint density at radius 3 is 2.40 bits per heavy atom. The van der Waals surface area contributed by atoms with E-state index < -0.39 is 10.0 Å². The van der Waals surface area contributed by atoms with Crippen LogP contribution < -0.4 is 10.6 Å². The van der Waals surface area contributed by atoms with E-state index in [0.29, 0.717) is 13.0 Å². The van der Waals surface area contributed by atoms with Crippen molar-refractivity contribution in [3.8, 4) is 0 Å². The molecule has 0 aliphatic carbocycles. The normalized spacial score (nSPS) is 20.7. The van der Waals surface area contributed by atoms with E-state index in [1.165, 1.54) is 0 Å². The Balaban J connectivity index is 2.34. The van der Waals surface area contributed by atoms with E-state index in [-0.39, 0.29) is 5.75 Å². The van der Waals surface area contributed by atoms with Gasteiger partial charge >= 0.3 is 0 Å². The highest BCUT2D eigenvalue weighted by atomic mass is 32.2. The van der Waals surface area contributed by atoms with Crippen molar-refractivity contribution in [3.63, 3.8) is 0 Å². The molecule has 7 heteroatoms. The fraction of sp³-hybridized carbons (Fsp3) is 1.00. The predicted octanol–water partition coefficient (Wildman–Crippen LogP) is -1.58. The van der Waals surface area contributed by atoms with Crippen molar-refractivity contribution in [3.05, 3.63) is 0 Å². The van der Waals surface area contributed by atoms with Gasteiger partial charge in [0.2, 0.25) is 10.0 Å². The average Bonchev–Trinajstić information content (AvgIpc) is 2.18. The largest absolute Gasteiger partial charge is 0.330 e. The standard InChI is InChI=1S/C8H20N4O2S/c1-11-4-6-12(7-5-11)10-15(13,14)8-2-3-9/h10H,2-9H2,1H3. The molecule has 0 bridgehead atoms. The minimum Gasteiger partial charge on any atom is -0.330 e. The van der Waals surface area contributed by atoms with Gasteiger partial charge in [0.15, 0.2) is 0 Å². The second-order valence-corrected chi connectivity index (χ2v) is 5.66. The van der Waals surface area contributed by atoms with Crippen molar-refractivity contribution in [2.45, 2.75) is 6.42 Å². The summed E-state index contributed by atoms with van der Waals surface area (Å²) in [7, 11) is -1.16. The molecule has 0 spiro atoms. The van der Waals surface area contributed by atoms with Crippen LogP contribution in [0.4, 0.5) is 0 Å². The third-order valence-corrected chi connectivity index (χ3v) is 3.75. The van der Waals surface area contributed by atoms with E-state index in [4.69, 9.17) is 5.73 Å². The zero-order valence-corrected chi connectivity index (χ0v) is 9.96. The first-order chi connectivity index (χ1) is 7.03. The number of piperazine rings is 1. The first-order valence-corrected chi connectivity index (χ1v) is 6.82. The maximum atomic E-state index is 11.5. The Hall–Kier alpha value is -0.210. The van der Waals surface area contributed by atoms with E-state index in [1.807, 2.05) is 7.05 Å². The predicted molar refractivity (Wildman–Crippen MR) is 59.7 cm³/mol. The molecule has 1 aliphatic rings. The van der Waals surface area contributed by atoms with Crippen LogP contribution in [0.3, 0.4) is 0 Å². The van der Waals surface area contributed by atoms with Crippen molar-refractivity contribution in [2.24, 2.45) is 5.73 Å². The Labute approximate surface area is 91.4 Å². The van der Waals surface area contributed by atoms with Crippen LogP contribution in [-0.2, 0) is 10.0 Å². The van der Waals surface area contributed by atoms with Gasteiger partial charge in [-0.15, -0.1) is 4.83 Å². The second-order valence-electron chi connectivity index (χ2n) is 3.84. The average molecular weight is 236 g/mol. The first-order valence-electron chi connectivity index (χ1n) is 5.17. The molecular formula is C8H20N4O2S. The van der Waals surface area contributed by atoms with E-state index >= 15 is 0 Å². The molecule has 0 saturated carbocycles. The maximum absolute atomic E-state index is 11.5. The molecule has 0 aromatic rings. The number of likely N-dealkylation sites (N-methyl/N-ethyl adjacent to an activating group) is 1. The summed E-state index contributed by atoms with van der Waals surface area (Å²) in [6.45, 7) is 3.65. The molecule has 3 N–H and O–H groups in total. The SMILES string of the molecule is CN1CCN(NS(=O)(=O)CCCN)CC1. The van der Waals surface area contributed by atoms with Crippen LogP contribution in [0.1, 0.15) is 6.42 Å². The number of sulfonamides is 1. The lowest BCUT2D eigenvalue weighted by atomic mass is 10.4. The number of rotatable bonds is 5. The summed E-state index contributed by atoms with van der Waals surface area (Å²) in [6.07, 6.45) is 0.503. The van der Waals surface area contributed by atoms with Crippen LogP contribution in [0.2, 0.25) is 0 Å². The third kappa shape index (κ3) is 4.89. The van der Waals surface area contributed by atoms with Crippen LogP contribution in [0.25, 0.3) is 0 Å². The molecule has 1 aliphatic heterocycles. The number of nitrogens with zero attached hydrogens (tertiary/aromatic N) is 2. The lowest BCUT2D eigenvalue weighted by Gasteiger charge is -2.32. The van der Waals surface area contributed by atoms with Gasteiger partial charge in [0.1, 0.15) is 0 Å². The van der Waals surface area contributed by atoms with Crippen LogP contribution in [0.15, 0.2) is 0 Å². The van der Waals surface area contributed by atoms with Gasteiger partial charge < -0.3 is 10.6 Å². The van der Waals surface area contributed by atoms with Gasteiger partial charge in [-0.2, -0.15) is 0 Å². The summed E-state index contributed by atoms with van der Waals surface area (Å²) in [4.78, 5) is 4.75.